The number of carbonyl (C=O) groups excluding carboxylic acids is 1. The van der Waals surface area contributed by atoms with Gasteiger partial charge in [0.15, 0.2) is 11.5 Å². The van der Waals surface area contributed by atoms with Gasteiger partial charge in [-0.2, -0.15) is 0 Å². The molecule has 4 heteroatoms. The molecule has 1 aliphatic heterocycles. The second-order valence-electron chi connectivity index (χ2n) is 7.27. The summed E-state index contributed by atoms with van der Waals surface area (Å²) in [5.74, 6) is 1.84. The fourth-order valence-corrected chi connectivity index (χ4v) is 4.50. The van der Waals surface area contributed by atoms with Gasteiger partial charge in [-0.1, -0.05) is 25.0 Å². The lowest BCUT2D eigenvalue weighted by Crippen LogP contribution is -2.49. The molecule has 1 aromatic heterocycles. The number of hydrogen-bond acceptors (Lipinski definition) is 3. The number of amides is 1. The van der Waals surface area contributed by atoms with E-state index in [1.807, 2.05) is 24.3 Å². The maximum Gasteiger partial charge on any atom is 0.222 e. The average Bonchev–Trinajstić information content (AvgIpc) is 3.04. The third-order valence-electron chi connectivity index (χ3n) is 5.68. The third-order valence-corrected chi connectivity index (χ3v) is 5.68. The quantitative estimate of drug-likeness (QED) is 0.840. The van der Waals surface area contributed by atoms with Crippen molar-refractivity contribution in [1.29, 1.82) is 0 Å². The molecule has 128 valence electrons. The van der Waals surface area contributed by atoms with Gasteiger partial charge in [-0.3, -0.25) is 4.79 Å². The molecule has 0 unspecified atom stereocenters. The number of aryl methyl sites for hydroxylation is 1. The summed E-state index contributed by atoms with van der Waals surface area (Å²) >= 11 is 0. The van der Waals surface area contributed by atoms with Crippen molar-refractivity contribution in [3.05, 3.63) is 30.2 Å². The lowest BCUT2D eigenvalue weighted by molar-refractivity contribution is -0.137. The molecule has 0 N–H and O–H groups in total. The molecule has 0 bridgehead atoms. The van der Waals surface area contributed by atoms with Gasteiger partial charge in [0.1, 0.15) is 5.52 Å². The van der Waals surface area contributed by atoms with Crippen molar-refractivity contribution < 1.29 is 9.21 Å². The van der Waals surface area contributed by atoms with E-state index in [4.69, 9.17) is 4.42 Å². The first-order valence-electron chi connectivity index (χ1n) is 9.45. The highest BCUT2D eigenvalue weighted by Crippen LogP contribution is 2.35. The van der Waals surface area contributed by atoms with Crippen molar-refractivity contribution in [2.75, 3.05) is 6.54 Å². The Balaban J connectivity index is 1.32. The van der Waals surface area contributed by atoms with Crippen molar-refractivity contribution in [2.45, 2.75) is 63.8 Å². The fourth-order valence-electron chi connectivity index (χ4n) is 4.50. The van der Waals surface area contributed by atoms with E-state index in [0.717, 1.165) is 42.3 Å². The van der Waals surface area contributed by atoms with Gasteiger partial charge < -0.3 is 9.32 Å². The van der Waals surface area contributed by atoms with Gasteiger partial charge in [0.05, 0.1) is 0 Å². The normalized spacial score (nSPS) is 24.1. The van der Waals surface area contributed by atoms with Gasteiger partial charge in [0.2, 0.25) is 5.91 Å². The van der Waals surface area contributed by atoms with Crippen LogP contribution in [0.1, 0.15) is 57.3 Å². The number of likely N-dealkylation sites (tertiary alicyclic amines) is 1. The lowest BCUT2D eigenvalue weighted by Gasteiger charge is -2.44. The van der Waals surface area contributed by atoms with Gasteiger partial charge >= 0.3 is 0 Å². The Labute approximate surface area is 143 Å². The van der Waals surface area contributed by atoms with Crippen LogP contribution in [0.15, 0.2) is 28.7 Å². The van der Waals surface area contributed by atoms with Crippen molar-refractivity contribution >= 4 is 17.0 Å². The minimum atomic E-state index is 0.336. The highest BCUT2D eigenvalue weighted by molar-refractivity contribution is 5.76. The molecular formula is C20H26N2O2. The van der Waals surface area contributed by atoms with Gasteiger partial charge in [-0.25, -0.2) is 4.98 Å². The predicted octanol–water partition coefficient (Wildman–Crippen LogP) is 4.33. The summed E-state index contributed by atoms with van der Waals surface area (Å²) in [7, 11) is 0. The number of benzene rings is 1. The van der Waals surface area contributed by atoms with Crippen LogP contribution in [0.5, 0.6) is 0 Å². The van der Waals surface area contributed by atoms with Crippen LogP contribution in [-0.4, -0.2) is 28.4 Å². The summed E-state index contributed by atoms with van der Waals surface area (Å²) in [5.41, 5.74) is 1.74. The van der Waals surface area contributed by atoms with Crippen molar-refractivity contribution in [3.63, 3.8) is 0 Å². The summed E-state index contributed by atoms with van der Waals surface area (Å²) in [6.45, 7) is 0.961. The topological polar surface area (TPSA) is 46.3 Å². The second kappa shape index (κ2) is 6.96. The van der Waals surface area contributed by atoms with E-state index < -0.39 is 0 Å². The molecule has 1 saturated heterocycles. The number of oxazole rings is 1. The number of carbonyl (C=O) groups is 1. The van der Waals surface area contributed by atoms with E-state index >= 15 is 0 Å². The lowest BCUT2D eigenvalue weighted by atomic mass is 9.78. The molecule has 1 amide bonds. The van der Waals surface area contributed by atoms with Crippen LogP contribution < -0.4 is 0 Å². The van der Waals surface area contributed by atoms with Crippen LogP contribution in [0.4, 0.5) is 0 Å². The van der Waals surface area contributed by atoms with Crippen molar-refractivity contribution in [2.24, 2.45) is 5.92 Å². The number of piperidine rings is 1. The maximum absolute atomic E-state index is 12.7. The van der Waals surface area contributed by atoms with Gasteiger partial charge in [0.25, 0.3) is 0 Å². The van der Waals surface area contributed by atoms with Gasteiger partial charge in [-0.15, -0.1) is 0 Å². The summed E-state index contributed by atoms with van der Waals surface area (Å²) in [6, 6.07) is 8.34. The SMILES string of the molecule is O=C(CCCc1nc2ccccc2o1)N1CCC[C@@H]2CCCC[C@@H]21. The Morgan fingerprint density at radius 1 is 1.17 bits per heavy atom. The summed E-state index contributed by atoms with van der Waals surface area (Å²) in [6.07, 6.45) is 9.83. The second-order valence-corrected chi connectivity index (χ2v) is 7.27. The molecule has 0 radical (unpaired) electrons. The maximum atomic E-state index is 12.7. The zero-order valence-corrected chi connectivity index (χ0v) is 14.2. The van der Waals surface area contributed by atoms with Crippen LogP contribution in [-0.2, 0) is 11.2 Å². The molecule has 4 rings (SSSR count). The number of aromatic nitrogens is 1. The van der Waals surface area contributed by atoms with Crippen LogP contribution in [0, 0.1) is 5.92 Å². The van der Waals surface area contributed by atoms with Crippen LogP contribution >= 0.6 is 0 Å². The first-order valence-corrected chi connectivity index (χ1v) is 9.45. The number of fused-ring (bicyclic) bond motifs is 2. The molecule has 0 spiro atoms. The molecule has 1 saturated carbocycles. The zero-order valence-electron chi connectivity index (χ0n) is 14.2. The molecule has 1 aromatic carbocycles. The molecule has 1 aliphatic carbocycles. The highest BCUT2D eigenvalue weighted by Gasteiger charge is 2.35. The van der Waals surface area contributed by atoms with Crippen LogP contribution in [0.2, 0.25) is 0 Å². The number of nitrogens with zero attached hydrogens (tertiary/aromatic N) is 2. The Morgan fingerprint density at radius 3 is 2.92 bits per heavy atom. The van der Waals surface area contributed by atoms with E-state index in [0.29, 0.717) is 18.4 Å². The number of rotatable bonds is 4. The molecule has 2 atom stereocenters. The van der Waals surface area contributed by atoms with E-state index in [-0.39, 0.29) is 0 Å². The fraction of sp³-hybridized carbons (Fsp3) is 0.600. The first-order chi connectivity index (χ1) is 11.8. The van der Waals surface area contributed by atoms with E-state index in [1.165, 1.54) is 38.5 Å². The predicted molar refractivity (Wildman–Crippen MR) is 93.6 cm³/mol. The van der Waals surface area contributed by atoms with Crippen LogP contribution in [0.25, 0.3) is 11.1 Å². The summed E-state index contributed by atoms with van der Waals surface area (Å²) in [4.78, 5) is 19.4. The van der Waals surface area contributed by atoms with Crippen LogP contribution in [0.3, 0.4) is 0 Å². The molecule has 24 heavy (non-hydrogen) atoms. The Bertz CT molecular complexity index is 673. The van der Waals surface area contributed by atoms with E-state index in [9.17, 15) is 4.79 Å². The Morgan fingerprint density at radius 2 is 2.00 bits per heavy atom. The van der Waals surface area contributed by atoms with Crippen molar-refractivity contribution in [3.8, 4) is 0 Å². The molecule has 2 heterocycles. The average molecular weight is 326 g/mol. The highest BCUT2D eigenvalue weighted by atomic mass is 16.3. The molecule has 4 nitrogen and oxygen atoms in total. The van der Waals surface area contributed by atoms with E-state index in [2.05, 4.69) is 9.88 Å². The molecule has 2 aromatic rings. The standard InChI is InChI=1S/C20H26N2O2/c23-20(22-14-6-8-15-7-1-3-10-17(15)22)13-5-12-19-21-16-9-2-4-11-18(16)24-19/h2,4,9,11,15,17H,1,3,5-8,10,12-14H2/t15-,17-/m0/s1. The first kappa shape index (κ1) is 15.7. The Hall–Kier alpha value is -1.84. The summed E-state index contributed by atoms with van der Waals surface area (Å²) < 4.78 is 5.75. The zero-order chi connectivity index (χ0) is 16.4. The minimum absolute atomic E-state index is 0.336. The number of hydrogen-bond donors (Lipinski definition) is 0. The van der Waals surface area contributed by atoms with Crippen molar-refractivity contribution in [1.82, 2.24) is 9.88 Å². The Kier molecular flexibility index (Phi) is 4.54. The molecule has 2 fully saturated rings. The molecular weight excluding hydrogens is 300 g/mol. The number of para-hydroxylation sites is 2. The minimum Gasteiger partial charge on any atom is -0.441 e. The molecule has 2 aliphatic rings. The third kappa shape index (κ3) is 3.19. The smallest absolute Gasteiger partial charge is 0.222 e. The monoisotopic (exact) mass is 326 g/mol. The summed E-state index contributed by atoms with van der Waals surface area (Å²) in [5, 5.41) is 0. The van der Waals surface area contributed by atoms with E-state index in [1.54, 1.807) is 0 Å². The van der Waals surface area contributed by atoms with Gasteiger partial charge in [-0.05, 0) is 50.2 Å². The van der Waals surface area contributed by atoms with Gasteiger partial charge in [0, 0.05) is 25.4 Å². The largest absolute Gasteiger partial charge is 0.441 e.